The Hall–Kier alpha value is -2.15. The molecule has 1 unspecified atom stereocenters. The molecule has 6 nitrogen and oxygen atoms in total. The highest BCUT2D eigenvalue weighted by atomic mass is 19.1. The molecule has 1 amide bonds. The number of hydrogen-bond acceptors (Lipinski definition) is 4. The van der Waals surface area contributed by atoms with E-state index in [2.05, 4.69) is 0 Å². The highest BCUT2D eigenvalue weighted by Gasteiger charge is 2.29. The van der Waals surface area contributed by atoms with E-state index in [0.29, 0.717) is 18.7 Å². The number of nitrogens with zero attached hydrogens (tertiary/aromatic N) is 1. The summed E-state index contributed by atoms with van der Waals surface area (Å²) in [6.07, 6.45) is -0.233. The normalized spacial score (nSPS) is 18.5. The number of morpholine rings is 1. The molecule has 1 atom stereocenters. The van der Waals surface area contributed by atoms with Crippen LogP contribution in [0.2, 0.25) is 0 Å². The van der Waals surface area contributed by atoms with Gasteiger partial charge in [0, 0.05) is 6.54 Å². The summed E-state index contributed by atoms with van der Waals surface area (Å²) in [7, 11) is 0. The molecule has 1 saturated heterocycles. The number of rotatable bonds is 4. The second-order valence-corrected chi connectivity index (χ2v) is 4.88. The lowest BCUT2D eigenvalue weighted by Crippen LogP contribution is -2.50. The summed E-state index contributed by atoms with van der Waals surface area (Å²) in [6, 6.07) is 3.24. The highest BCUT2D eigenvalue weighted by molar-refractivity contribution is 5.80. The number of carboxylic acid groups (broad SMARTS) is 1. The summed E-state index contributed by atoms with van der Waals surface area (Å²) in [5.74, 6) is -2.54. The molecule has 1 fully saturated rings. The van der Waals surface area contributed by atoms with Crippen LogP contribution in [-0.2, 0) is 20.7 Å². The van der Waals surface area contributed by atoms with Gasteiger partial charge >= 0.3 is 5.97 Å². The zero-order valence-electron chi connectivity index (χ0n) is 11.3. The summed E-state index contributed by atoms with van der Waals surface area (Å²) < 4.78 is 18.4. The van der Waals surface area contributed by atoms with Crippen molar-refractivity contribution in [2.45, 2.75) is 18.9 Å². The van der Waals surface area contributed by atoms with Gasteiger partial charge in [0.15, 0.2) is 11.6 Å². The highest BCUT2D eigenvalue weighted by Crippen LogP contribution is 2.18. The van der Waals surface area contributed by atoms with Crippen LogP contribution in [0.25, 0.3) is 0 Å². The Balaban J connectivity index is 2.06. The van der Waals surface area contributed by atoms with Gasteiger partial charge < -0.3 is 19.8 Å². The van der Waals surface area contributed by atoms with Gasteiger partial charge in [-0.1, -0.05) is 6.07 Å². The van der Waals surface area contributed by atoms with Crippen LogP contribution in [0.5, 0.6) is 5.75 Å². The minimum absolute atomic E-state index is 0.0483. The first-order valence-corrected chi connectivity index (χ1v) is 6.54. The van der Waals surface area contributed by atoms with Gasteiger partial charge in [-0.25, -0.2) is 4.39 Å². The summed E-state index contributed by atoms with van der Waals surface area (Å²) in [6.45, 7) is 0.852. The average Bonchev–Trinajstić information content (AvgIpc) is 2.43. The third-order valence-electron chi connectivity index (χ3n) is 3.33. The first-order valence-electron chi connectivity index (χ1n) is 6.54. The van der Waals surface area contributed by atoms with Gasteiger partial charge in [0.2, 0.25) is 5.91 Å². The van der Waals surface area contributed by atoms with Crippen molar-refractivity contribution in [3.8, 4) is 5.75 Å². The van der Waals surface area contributed by atoms with Crippen LogP contribution >= 0.6 is 0 Å². The van der Waals surface area contributed by atoms with Crippen LogP contribution in [-0.4, -0.2) is 52.8 Å². The van der Waals surface area contributed by atoms with Crippen molar-refractivity contribution in [2.24, 2.45) is 0 Å². The Morgan fingerprint density at radius 3 is 2.86 bits per heavy atom. The lowest BCUT2D eigenvalue weighted by Gasteiger charge is -2.35. The molecule has 1 aromatic rings. The lowest BCUT2D eigenvalue weighted by atomic mass is 10.1. The van der Waals surface area contributed by atoms with Crippen LogP contribution in [0.1, 0.15) is 12.0 Å². The van der Waals surface area contributed by atoms with Crippen LogP contribution in [0.4, 0.5) is 4.39 Å². The molecule has 0 saturated carbocycles. The summed E-state index contributed by atoms with van der Waals surface area (Å²) in [5.41, 5.74) is 0.427. The number of carbonyl (C=O) groups is 2. The van der Waals surface area contributed by atoms with E-state index in [0.717, 1.165) is 6.07 Å². The van der Waals surface area contributed by atoms with Crippen LogP contribution < -0.4 is 0 Å². The maximum absolute atomic E-state index is 13.2. The molecular weight excluding hydrogens is 281 g/mol. The van der Waals surface area contributed by atoms with Crippen molar-refractivity contribution in [1.29, 1.82) is 0 Å². The van der Waals surface area contributed by atoms with Crippen molar-refractivity contribution in [1.82, 2.24) is 4.90 Å². The molecule has 114 valence electrons. The zero-order valence-corrected chi connectivity index (χ0v) is 11.3. The Morgan fingerprint density at radius 1 is 1.43 bits per heavy atom. The molecule has 0 aromatic heterocycles. The van der Waals surface area contributed by atoms with E-state index in [1.807, 2.05) is 0 Å². The van der Waals surface area contributed by atoms with Crippen LogP contribution in [0.3, 0.4) is 0 Å². The lowest BCUT2D eigenvalue weighted by molar-refractivity contribution is -0.145. The fourth-order valence-electron chi connectivity index (χ4n) is 2.29. The van der Waals surface area contributed by atoms with E-state index < -0.39 is 23.6 Å². The van der Waals surface area contributed by atoms with E-state index in [1.54, 1.807) is 0 Å². The number of aliphatic carboxylic acids is 1. The van der Waals surface area contributed by atoms with Crippen molar-refractivity contribution >= 4 is 11.9 Å². The molecule has 1 aliphatic heterocycles. The van der Waals surface area contributed by atoms with Gasteiger partial charge in [-0.2, -0.15) is 0 Å². The third kappa shape index (κ3) is 3.91. The maximum atomic E-state index is 13.2. The molecule has 0 spiro atoms. The topological polar surface area (TPSA) is 87.1 Å². The van der Waals surface area contributed by atoms with E-state index >= 15 is 0 Å². The molecular formula is C14H16FNO5. The molecule has 2 N–H and O–H groups in total. The number of halogens is 1. The van der Waals surface area contributed by atoms with Gasteiger partial charge in [-0.05, 0) is 17.7 Å². The molecule has 0 radical (unpaired) electrons. The second-order valence-electron chi connectivity index (χ2n) is 4.88. The Labute approximate surface area is 120 Å². The van der Waals surface area contributed by atoms with Crippen molar-refractivity contribution in [3.63, 3.8) is 0 Å². The average molecular weight is 297 g/mol. The number of benzene rings is 1. The first kappa shape index (κ1) is 15.2. The third-order valence-corrected chi connectivity index (χ3v) is 3.33. The van der Waals surface area contributed by atoms with Gasteiger partial charge in [0.05, 0.1) is 32.1 Å². The minimum Gasteiger partial charge on any atom is -0.505 e. The fourth-order valence-corrected chi connectivity index (χ4v) is 2.29. The number of carboxylic acids is 1. The molecule has 7 heteroatoms. The zero-order chi connectivity index (χ0) is 15.4. The molecule has 1 aromatic carbocycles. The number of hydrogen-bond donors (Lipinski definition) is 2. The number of amides is 1. The number of phenols is 1. The molecule has 0 aliphatic carbocycles. The van der Waals surface area contributed by atoms with Gasteiger partial charge in [0.25, 0.3) is 0 Å². The molecule has 21 heavy (non-hydrogen) atoms. The Bertz CT molecular complexity index is 548. The predicted octanol–water partition coefficient (Wildman–Crippen LogP) is 0.776. The number of carbonyl (C=O) groups excluding carboxylic acids is 1. The Kier molecular flexibility index (Phi) is 4.74. The maximum Gasteiger partial charge on any atom is 0.305 e. The van der Waals surface area contributed by atoms with Crippen molar-refractivity contribution < 1.29 is 28.9 Å². The van der Waals surface area contributed by atoms with Crippen molar-refractivity contribution in [2.75, 3.05) is 19.8 Å². The molecule has 1 aliphatic rings. The molecule has 1 heterocycles. The summed E-state index contributed by atoms with van der Waals surface area (Å²) in [4.78, 5) is 24.5. The van der Waals surface area contributed by atoms with E-state index in [-0.39, 0.29) is 25.4 Å². The predicted molar refractivity (Wildman–Crippen MR) is 70.3 cm³/mol. The number of phenolic OH excluding ortho intramolecular Hbond substituents is 1. The van der Waals surface area contributed by atoms with E-state index in [9.17, 15) is 14.0 Å². The SMILES string of the molecule is O=C(O)CC1COCCN1C(=O)Cc1ccc(O)c(F)c1. The fraction of sp³-hybridized carbons (Fsp3) is 0.429. The van der Waals surface area contributed by atoms with E-state index in [1.165, 1.54) is 17.0 Å². The smallest absolute Gasteiger partial charge is 0.305 e. The number of ether oxygens (including phenoxy) is 1. The van der Waals surface area contributed by atoms with Crippen LogP contribution in [0, 0.1) is 5.82 Å². The standard InChI is InChI=1S/C14H16FNO5/c15-11-5-9(1-2-12(11)17)6-13(18)16-3-4-21-8-10(16)7-14(19)20/h1-2,5,10,17H,3-4,6-8H2,(H,19,20). The first-order chi connectivity index (χ1) is 9.97. The molecule has 0 bridgehead atoms. The largest absolute Gasteiger partial charge is 0.505 e. The molecule has 2 rings (SSSR count). The summed E-state index contributed by atoms with van der Waals surface area (Å²) >= 11 is 0. The van der Waals surface area contributed by atoms with Gasteiger partial charge in [-0.3, -0.25) is 9.59 Å². The quantitative estimate of drug-likeness (QED) is 0.857. The second kappa shape index (κ2) is 6.53. The number of aromatic hydroxyl groups is 1. The monoisotopic (exact) mass is 297 g/mol. The van der Waals surface area contributed by atoms with E-state index in [4.69, 9.17) is 14.9 Å². The van der Waals surface area contributed by atoms with Gasteiger partial charge in [0.1, 0.15) is 0 Å². The van der Waals surface area contributed by atoms with Crippen LogP contribution in [0.15, 0.2) is 18.2 Å². The van der Waals surface area contributed by atoms with Gasteiger partial charge in [-0.15, -0.1) is 0 Å². The Morgan fingerprint density at radius 2 is 2.19 bits per heavy atom. The minimum atomic E-state index is -1.00. The van der Waals surface area contributed by atoms with Crippen molar-refractivity contribution in [3.05, 3.63) is 29.6 Å². The summed E-state index contributed by atoms with van der Waals surface area (Å²) in [5, 5.41) is 18.0.